The van der Waals surface area contributed by atoms with Gasteiger partial charge in [-0.15, -0.1) is 0 Å². The third-order valence-corrected chi connectivity index (χ3v) is 4.63. The van der Waals surface area contributed by atoms with Gasteiger partial charge in [0.25, 0.3) is 5.91 Å². The molecule has 0 saturated heterocycles. The smallest absolute Gasteiger partial charge is 0.287 e. The lowest BCUT2D eigenvalue weighted by molar-refractivity contribution is -0.172. The lowest BCUT2D eigenvalue weighted by Gasteiger charge is -2.60. The van der Waals surface area contributed by atoms with Gasteiger partial charge in [0, 0.05) is 24.0 Å². The van der Waals surface area contributed by atoms with Crippen LogP contribution < -0.4 is 5.32 Å². The van der Waals surface area contributed by atoms with Gasteiger partial charge in [-0.1, -0.05) is 13.8 Å². The number of rotatable bonds is 5. The number of aryl methyl sites for hydroxylation is 1. The van der Waals surface area contributed by atoms with Gasteiger partial charge in [-0.2, -0.15) is 0 Å². The number of ether oxygens (including phenoxy) is 1. The molecule has 0 spiro atoms. The van der Waals surface area contributed by atoms with E-state index in [1.165, 1.54) is 6.26 Å². The Morgan fingerprint density at radius 2 is 2.30 bits per heavy atom. The van der Waals surface area contributed by atoms with Gasteiger partial charge in [0.2, 0.25) is 0 Å². The zero-order valence-corrected chi connectivity index (χ0v) is 12.5. The third kappa shape index (κ3) is 2.15. The molecule has 0 unspecified atom stereocenters. The van der Waals surface area contributed by atoms with Crippen LogP contribution in [-0.4, -0.2) is 35.9 Å². The summed E-state index contributed by atoms with van der Waals surface area (Å²) in [6, 6.07) is 1.75. The van der Waals surface area contributed by atoms with Crippen molar-refractivity contribution in [1.29, 1.82) is 0 Å². The second kappa shape index (κ2) is 5.22. The van der Waals surface area contributed by atoms with Crippen molar-refractivity contribution in [2.24, 2.45) is 5.41 Å². The number of carbonyl (C=O) groups is 1. The molecule has 5 nitrogen and oxygen atoms in total. The van der Waals surface area contributed by atoms with E-state index in [9.17, 15) is 9.90 Å². The maximum atomic E-state index is 12.3. The van der Waals surface area contributed by atoms with Crippen molar-refractivity contribution in [2.75, 3.05) is 13.2 Å². The molecule has 2 N–H and O–H groups in total. The summed E-state index contributed by atoms with van der Waals surface area (Å²) in [5.41, 5.74) is -0.203. The van der Waals surface area contributed by atoms with Crippen LogP contribution >= 0.6 is 0 Å². The summed E-state index contributed by atoms with van der Waals surface area (Å²) in [6.07, 6.45) is 2.14. The number of hydrogen-bond donors (Lipinski definition) is 2. The molecular weight excluding hydrogens is 258 g/mol. The van der Waals surface area contributed by atoms with Crippen LogP contribution in [0.4, 0.5) is 0 Å². The molecule has 20 heavy (non-hydrogen) atoms. The average Bonchev–Trinajstić information content (AvgIpc) is 2.83. The van der Waals surface area contributed by atoms with Gasteiger partial charge in [-0.3, -0.25) is 4.79 Å². The summed E-state index contributed by atoms with van der Waals surface area (Å²) >= 11 is 0. The Morgan fingerprint density at radius 1 is 1.60 bits per heavy atom. The maximum absolute atomic E-state index is 12.3. The molecular formula is C15H23NO4. The van der Waals surface area contributed by atoms with E-state index < -0.39 is 5.54 Å². The van der Waals surface area contributed by atoms with Gasteiger partial charge in [-0.05, 0) is 19.9 Å². The number of furan rings is 1. The Balaban J connectivity index is 2.14. The molecule has 2 rings (SSSR count). The van der Waals surface area contributed by atoms with Crippen LogP contribution in [-0.2, 0) is 4.74 Å². The first kappa shape index (κ1) is 15.1. The van der Waals surface area contributed by atoms with Gasteiger partial charge < -0.3 is 19.6 Å². The Hall–Kier alpha value is -1.33. The van der Waals surface area contributed by atoms with E-state index >= 15 is 0 Å². The van der Waals surface area contributed by atoms with Crippen LogP contribution in [0.25, 0.3) is 0 Å². The zero-order chi connectivity index (χ0) is 15.0. The molecule has 1 fully saturated rings. The summed E-state index contributed by atoms with van der Waals surface area (Å²) in [5, 5.41) is 12.7. The fourth-order valence-corrected chi connectivity index (χ4v) is 2.88. The molecule has 1 saturated carbocycles. The molecule has 1 heterocycles. The van der Waals surface area contributed by atoms with Crippen LogP contribution in [0.1, 0.15) is 43.3 Å². The summed E-state index contributed by atoms with van der Waals surface area (Å²) in [7, 11) is 0. The minimum absolute atomic E-state index is 0.0395. The van der Waals surface area contributed by atoms with Gasteiger partial charge in [0.15, 0.2) is 5.76 Å². The van der Waals surface area contributed by atoms with E-state index in [-0.39, 0.29) is 24.0 Å². The summed E-state index contributed by atoms with van der Waals surface area (Å²) in [4.78, 5) is 12.3. The molecule has 1 aliphatic rings. The van der Waals surface area contributed by atoms with Crippen LogP contribution in [0.15, 0.2) is 16.7 Å². The summed E-state index contributed by atoms with van der Waals surface area (Å²) in [6.45, 7) is 8.28. The molecule has 0 radical (unpaired) electrons. The lowest BCUT2D eigenvalue weighted by atomic mass is 9.54. The number of carbonyl (C=O) groups excluding carboxylic acids is 1. The molecule has 1 aromatic heterocycles. The molecule has 5 heteroatoms. The van der Waals surface area contributed by atoms with Gasteiger partial charge >= 0.3 is 0 Å². The van der Waals surface area contributed by atoms with E-state index in [1.807, 2.05) is 27.7 Å². The number of aliphatic hydroxyl groups is 1. The highest BCUT2D eigenvalue weighted by Gasteiger charge is 2.61. The van der Waals surface area contributed by atoms with Crippen molar-refractivity contribution in [3.8, 4) is 0 Å². The van der Waals surface area contributed by atoms with Gasteiger partial charge in [0.05, 0.1) is 24.5 Å². The van der Waals surface area contributed by atoms with Crippen molar-refractivity contribution in [3.63, 3.8) is 0 Å². The predicted molar refractivity (Wildman–Crippen MR) is 74.5 cm³/mol. The van der Waals surface area contributed by atoms with E-state index in [0.717, 1.165) is 5.56 Å². The Kier molecular flexibility index (Phi) is 3.93. The lowest BCUT2D eigenvalue weighted by Crippen LogP contribution is -2.74. The third-order valence-electron chi connectivity index (χ3n) is 4.63. The zero-order valence-electron chi connectivity index (χ0n) is 12.5. The van der Waals surface area contributed by atoms with Crippen LogP contribution in [0.3, 0.4) is 0 Å². The minimum Gasteiger partial charge on any atom is -0.459 e. The molecule has 1 aromatic rings. The second-order valence-corrected chi connectivity index (χ2v) is 6.00. The summed E-state index contributed by atoms with van der Waals surface area (Å²) < 4.78 is 10.9. The topological polar surface area (TPSA) is 71.7 Å². The molecule has 1 aliphatic carbocycles. The first-order chi connectivity index (χ1) is 9.38. The fraction of sp³-hybridized carbons (Fsp3) is 0.667. The predicted octanol–water partition coefficient (Wildman–Crippen LogP) is 1.88. The van der Waals surface area contributed by atoms with E-state index in [4.69, 9.17) is 9.15 Å². The van der Waals surface area contributed by atoms with E-state index in [0.29, 0.717) is 18.8 Å². The maximum Gasteiger partial charge on any atom is 0.287 e. The Labute approximate surface area is 119 Å². The van der Waals surface area contributed by atoms with Crippen molar-refractivity contribution in [1.82, 2.24) is 5.32 Å². The summed E-state index contributed by atoms with van der Waals surface area (Å²) in [5.74, 6) is 0.0121. The SMILES string of the molecule is CCO[C@H]1C[C@@](CO)(NC(=O)c2occc2C)C1(C)C. The fourth-order valence-electron chi connectivity index (χ4n) is 2.88. The first-order valence-electron chi connectivity index (χ1n) is 6.97. The Morgan fingerprint density at radius 3 is 2.75 bits per heavy atom. The largest absolute Gasteiger partial charge is 0.459 e. The molecule has 112 valence electrons. The van der Waals surface area contributed by atoms with Crippen molar-refractivity contribution in [3.05, 3.63) is 23.7 Å². The minimum atomic E-state index is -0.664. The highest BCUT2D eigenvalue weighted by atomic mass is 16.5. The van der Waals surface area contributed by atoms with Crippen LogP contribution in [0.5, 0.6) is 0 Å². The molecule has 1 amide bonds. The van der Waals surface area contributed by atoms with Gasteiger partial charge in [-0.25, -0.2) is 0 Å². The molecule has 0 bridgehead atoms. The average molecular weight is 281 g/mol. The van der Waals surface area contributed by atoms with Crippen molar-refractivity contribution < 1.29 is 19.1 Å². The Bertz CT molecular complexity index is 494. The molecule has 0 aliphatic heterocycles. The first-order valence-corrected chi connectivity index (χ1v) is 6.97. The van der Waals surface area contributed by atoms with Gasteiger partial charge in [0.1, 0.15) is 0 Å². The highest BCUT2D eigenvalue weighted by Crippen LogP contribution is 2.51. The highest BCUT2D eigenvalue weighted by molar-refractivity contribution is 5.93. The van der Waals surface area contributed by atoms with Crippen molar-refractivity contribution >= 4 is 5.91 Å². The van der Waals surface area contributed by atoms with Crippen LogP contribution in [0.2, 0.25) is 0 Å². The quantitative estimate of drug-likeness (QED) is 0.864. The monoisotopic (exact) mass is 281 g/mol. The number of hydrogen-bond acceptors (Lipinski definition) is 4. The van der Waals surface area contributed by atoms with E-state index in [1.54, 1.807) is 6.07 Å². The van der Waals surface area contributed by atoms with Crippen molar-refractivity contribution in [2.45, 2.75) is 45.8 Å². The normalized spacial score (nSPS) is 27.9. The number of nitrogens with one attached hydrogen (secondary N) is 1. The molecule has 2 atom stereocenters. The second-order valence-electron chi connectivity index (χ2n) is 6.00. The number of amides is 1. The van der Waals surface area contributed by atoms with E-state index in [2.05, 4.69) is 5.32 Å². The van der Waals surface area contributed by atoms with Crippen LogP contribution in [0, 0.1) is 12.3 Å². The number of aliphatic hydroxyl groups excluding tert-OH is 1. The molecule has 0 aromatic carbocycles. The standard InChI is InChI=1S/C15H23NO4/c1-5-19-11-8-15(9-17,14(11,3)4)16-13(18)12-10(2)6-7-20-12/h6-7,11,17H,5,8-9H2,1-4H3,(H,16,18)/t11-,15-/m0/s1.